The molecule has 1 atom stereocenters. The largest absolute Gasteiger partial charge is 0.375 e. The molecule has 1 spiro atoms. The standard InChI is InChI=1S/C22H29N3O4S/c1-17(26)23-12-7-18-8-15-29-22(16-18)9-13-25(14-10-22)30(27,28)20-6-2-4-19-5-3-11-24-21(19)20/h2-6,11,18H,7-10,12-16H2,1H3,(H,23,26). The number of sulfonamides is 1. The van der Waals surface area contributed by atoms with Crippen LogP contribution < -0.4 is 5.32 Å². The van der Waals surface area contributed by atoms with Gasteiger partial charge in [-0.15, -0.1) is 0 Å². The van der Waals surface area contributed by atoms with E-state index in [4.69, 9.17) is 4.74 Å². The summed E-state index contributed by atoms with van der Waals surface area (Å²) < 4.78 is 34.4. The minimum atomic E-state index is -3.61. The Morgan fingerprint density at radius 1 is 1.27 bits per heavy atom. The highest BCUT2D eigenvalue weighted by Gasteiger charge is 2.42. The molecule has 2 fully saturated rings. The summed E-state index contributed by atoms with van der Waals surface area (Å²) in [6.07, 6.45) is 5.88. The van der Waals surface area contributed by atoms with E-state index in [0.29, 0.717) is 50.5 Å². The summed E-state index contributed by atoms with van der Waals surface area (Å²) >= 11 is 0. The fourth-order valence-corrected chi connectivity index (χ4v) is 6.34. The van der Waals surface area contributed by atoms with Crippen LogP contribution >= 0.6 is 0 Å². The fourth-order valence-electron chi connectivity index (χ4n) is 4.73. The van der Waals surface area contributed by atoms with Crippen molar-refractivity contribution < 1.29 is 17.9 Å². The van der Waals surface area contributed by atoms with E-state index in [1.54, 1.807) is 22.6 Å². The molecule has 162 valence electrons. The molecule has 7 nitrogen and oxygen atoms in total. The van der Waals surface area contributed by atoms with Gasteiger partial charge in [-0.1, -0.05) is 18.2 Å². The van der Waals surface area contributed by atoms with E-state index in [-0.39, 0.29) is 16.4 Å². The number of carbonyl (C=O) groups excluding carboxylic acids is 1. The number of fused-ring (bicyclic) bond motifs is 1. The van der Waals surface area contributed by atoms with Gasteiger partial charge in [-0.25, -0.2) is 8.42 Å². The van der Waals surface area contributed by atoms with E-state index in [1.165, 1.54) is 6.92 Å². The molecule has 2 saturated heterocycles. The molecule has 30 heavy (non-hydrogen) atoms. The van der Waals surface area contributed by atoms with Crippen LogP contribution in [0.3, 0.4) is 0 Å². The highest BCUT2D eigenvalue weighted by Crippen LogP contribution is 2.40. The first kappa shape index (κ1) is 21.2. The second-order valence-electron chi connectivity index (χ2n) is 8.40. The molecule has 4 rings (SSSR count). The second-order valence-corrected chi connectivity index (χ2v) is 10.3. The summed E-state index contributed by atoms with van der Waals surface area (Å²) in [6, 6.07) is 8.98. The number of para-hydroxylation sites is 1. The highest BCUT2D eigenvalue weighted by molar-refractivity contribution is 7.89. The van der Waals surface area contributed by atoms with Crippen LogP contribution in [0.2, 0.25) is 0 Å². The molecule has 8 heteroatoms. The van der Waals surface area contributed by atoms with Gasteiger partial charge in [0.05, 0.1) is 11.1 Å². The monoisotopic (exact) mass is 431 g/mol. The molecular formula is C22H29N3O4S. The van der Waals surface area contributed by atoms with Crippen LogP contribution in [-0.2, 0) is 19.6 Å². The van der Waals surface area contributed by atoms with Gasteiger partial charge in [0.1, 0.15) is 4.90 Å². The van der Waals surface area contributed by atoms with Crippen LogP contribution in [-0.4, -0.2) is 55.5 Å². The van der Waals surface area contributed by atoms with Gasteiger partial charge in [0.2, 0.25) is 15.9 Å². The number of amides is 1. The van der Waals surface area contributed by atoms with Crippen molar-refractivity contribution in [3.05, 3.63) is 36.5 Å². The number of nitrogens with one attached hydrogen (secondary N) is 1. The Morgan fingerprint density at radius 2 is 2.03 bits per heavy atom. The van der Waals surface area contributed by atoms with Gasteiger partial charge < -0.3 is 10.1 Å². The van der Waals surface area contributed by atoms with Crippen molar-refractivity contribution in [2.45, 2.75) is 49.5 Å². The molecule has 2 aromatic rings. The SMILES string of the molecule is CC(=O)NCCC1CCOC2(CCN(S(=O)(=O)c3cccc4cccnc34)CC2)C1. The molecule has 1 N–H and O–H groups in total. The van der Waals surface area contributed by atoms with Crippen LogP contribution in [0.15, 0.2) is 41.4 Å². The quantitative estimate of drug-likeness (QED) is 0.786. The third kappa shape index (κ3) is 4.36. The van der Waals surface area contributed by atoms with Crippen LogP contribution in [0.5, 0.6) is 0 Å². The van der Waals surface area contributed by atoms with Crippen LogP contribution in [0.25, 0.3) is 10.9 Å². The van der Waals surface area contributed by atoms with E-state index in [9.17, 15) is 13.2 Å². The number of hydrogen-bond acceptors (Lipinski definition) is 5. The van der Waals surface area contributed by atoms with Crippen molar-refractivity contribution in [2.75, 3.05) is 26.2 Å². The second kappa shape index (κ2) is 8.61. The predicted molar refractivity (Wildman–Crippen MR) is 114 cm³/mol. The third-order valence-corrected chi connectivity index (χ3v) is 8.30. The molecule has 0 bridgehead atoms. The Balaban J connectivity index is 1.44. The van der Waals surface area contributed by atoms with Crippen molar-refractivity contribution in [1.29, 1.82) is 0 Å². The van der Waals surface area contributed by atoms with E-state index >= 15 is 0 Å². The maximum Gasteiger partial charge on any atom is 0.245 e. The number of rotatable bonds is 5. The van der Waals surface area contributed by atoms with Crippen molar-refractivity contribution in [3.63, 3.8) is 0 Å². The number of ether oxygens (including phenoxy) is 1. The maximum absolute atomic E-state index is 13.3. The molecule has 1 amide bonds. The van der Waals surface area contributed by atoms with Gasteiger partial charge in [0.25, 0.3) is 0 Å². The summed E-state index contributed by atoms with van der Waals surface area (Å²) in [7, 11) is -3.61. The zero-order valence-electron chi connectivity index (χ0n) is 17.3. The Morgan fingerprint density at radius 3 is 2.80 bits per heavy atom. The summed E-state index contributed by atoms with van der Waals surface area (Å²) in [5, 5.41) is 3.69. The van der Waals surface area contributed by atoms with Crippen molar-refractivity contribution in [2.24, 2.45) is 5.92 Å². The Labute approximate surface area is 177 Å². The molecule has 1 aromatic heterocycles. The van der Waals surface area contributed by atoms with Crippen LogP contribution in [0.4, 0.5) is 0 Å². The molecule has 0 radical (unpaired) electrons. The lowest BCUT2D eigenvalue weighted by molar-refractivity contribution is -0.122. The van der Waals surface area contributed by atoms with Gasteiger partial charge in [-0.2, -0.15) is 4.31 Å². The molecule has 2 aliphatic heterocycles. The minimum Gasteiger partial charge on any atom is -0.375 e. The summed E-state index contributed by atoms with van der Waals surface area (Å²) in [4.78, 5) is 15.7. The van der Waals surface area contributed by atoms with Gasteiger partial charge in [-0.3, -0.25) is 9.78 Å². The number of pyridine rings is 1. The summed E-state index contributed by atoms with van der Waals surface area (Å²) in [5.74, 6) is 0.495. The third-order valence-electron chi connectivity index (χ3n) is 6.37. The van der Waals surface area contributed by atoms with Gasteiger partial charge in [-0.05, 0) is 50.2 Å². The minimum absolute atomic E-state index is 0.00165. The van der Waals surface area contributed by atoms with E-state index in [2.05, 4.69) is 10.3 Å². The molecule has 2 aliphatic rings. The first-order valence-corrected chi connectivity index (χ1v) is 12.1. The lowest BCUT2D eigenvalue weighted by atomic mass is 9.79. The van der Waals surface area contributed by atoms with Crippen LogP contribution in [0, 0.1) is 5.92 Å². The topological polar surface area (TPSA) is 88.6 Å². The molecule has 0 saturated carbocycles. The summed E-state index contributed by atoms with van der Waals surface area (Å²) in [6.45, 7) is 3.82. The maximum atomic E-state index is 13.3. The number of carbonyl (C=O) groups is 1. The lowest BCUT2D eigenvalue weighted by Gasteiger charge is -2.46. The van der Waals surface area contributed by atoms with E-state index in [0.717, 1.165) is 24.6 Å². The van der Waals surface area contributed by atoms with Crippen molar-refractivity contribution >= 4 is 26.8 Å². The number of hydrogen-bond donors (Lipinski definition) is 1. The first-order valence-electron chi connectivity index (χ1n) is 10.6. The Kier molecular flexibility index (Phi) is 6.09. The number of aromatic nitrogens is 1. The predicted octanol–water partition coefficient (Wildman–Crippen LogP) is 2.71. The Hall–Kier alpha value is -2.03. The lowest BCUT2D eigenvalue weighted by Crippen LogP contribution is -2.50. The number of benzene rings is 1. The fraction of sp³-hybridized carbons (Fsp3) is 0.545. The van der Waals surface area contributed by atoms with Gasteiger partial charge in [0, 0.05) is 44.7 Å². The van der Waals surface area contributed by atoms with Crippen molar-refractivity contribution in [1.82, 2.24) is 14.6 Å². The average molecular weight is 432 g/mol. The number of nitrogens with zero attached hydrogens (tertiary/aromatic N) is 2. The first-order chi connectivity index (χ1) is 14.4. The zero-order valence-corrected chi connectivity index (χ0v) is 18.2. The average Bonchev–Trinajstić information content (AvgIpc) is 2.73. The molecule has 1 unspecified atom stereocenters. The van der Waals surface area contributed by atoms with Gasteiger partial charge >= 0.3 is 0 Å². The van der Waals surface area contributed by atoms with E-state index in [1.807, 2.05) is 18.2 Å². The number of piperidine rings is 1. The molecule has 1 aromatic carbocycles. The van der Waals surface area contributed by atoms with Crippen molar-refractivity contribution in [3.8, 4) is 0 Å². The molecule has 0 aliphatic carbocycles. The molecule has 3 heterocycles. The van der Waals surface area contributed by atoms with E-state index < -0.39 is 10.0 Å². The normalized spacial score (nSPS) is 22.2. The highest BCUT2D eigenvalue weighted by atomic mass is 32.2. The smallest absolute Gasteiger partial charge is 0.245 e. The molecular weight excluding hydrogens is 402 g/mol. The zero-order chi connectivity index (χ0) is 21.2. The van der Waals surface area contributed by atoms with Gasteiger partial charge in [0.15, 0.2) is 0 Å². The van der Waals surface area contributed by atoms with Crippen LogP contribution in [0.1, 0.15) is 39.0 Å². The summed E-state index contributed by atoms with van der Waals surface area (Å²) in [5.41, 5.74) is 0.273. The Bertz CT molecular complexity index is 1010.